The van der Waals surface area contributed by atoms with Gasteiger partial charge in [0.15, 0.2) is 0 Å². The van der Waals surface area contributed by atoms with Crippen LogP contribution in [0, 0.1) is 18.3 Å². The van der Waals surface area contributed by atoms with E-state index < -0.39 is 5.91 Å². The van der Waals surface area contributed by atoms with Gasteiger partial charge in [-0.05, 0) is 36.8 Å². The van der Waals surface area contributed by atoms with E-state index in [-0.39, 0.29) is 5.57 Å². The summed E-state index contributed by atoms with van der Waals surface area (Å²) in [7, 11) is 0. The molecule has 1 amide bonds. The second-order valence-electron chi connectivity index (χ2n) is 4.92. The summed E-state index contributed by atoms with van der Waals surface area (Å²) in [5.74, 6) is -0.391. The molecule has 0 bridgehead atoms. The third-order valence-corrected chi connectivity index (χ3v) is 3.10. The van der Waals surface area contributed by atoms with E-state index >= 15 is 0 Å². The van der Waals surface area contributed by atoms with Gasteiger partial charge in [0.25, 0.3) is 5.91 Å². The van der Waals surface area contributed by atoms with E-state index in [1.54, 1.807) is 12.2 Å². The Labute approximate surface area is 135 Å². The summed E-state index contributed by atoms with van der Waals surface area (Å²) >= 11 is 0. The second-order valence-corrected chi connectivity index (χ2v) is 4.92. The summed E-state index contributed by atoms with van der Waals surface area (Å²) in [6, 6.07) is 17.1. The number of rotatable bonds is 5. The molecular weight excluding hydrogens is 286 g/mol. The van der Waals surface area contributed by atoms with E-state index in [4.69, 9.17) is 5.26 Å². The van der Waals surface area contributed by atoms with Crippen LogP contribution in [0.5, 0.6) is 0 Å². The molecule has 114 valence electrons. The lowest BCUT2D eigenvalue weighted by molar-refractivity contribution is -0.117. The van der Waals surface area contributed by atoms with E-state index in [2.05, 4.69) is 10.3 Å². The lowest BCUT2D eigenvalue weighted by atomic mass is 10.2. The summed E-state index contributed by atoms with van der Waals surface area (Å²) in [5, 5.41) is 11.8. The molecule has 0 aliphatic rings. The molecule has 1 N–H and O–H groups in total. The predicted octanol–water partition coefficient (Wildman–Crippen LogP) is 3.17. The second kappa shape index (κ2) is 8.30. The summed E-state index contributed by atoms with van der Waals surface area (Å²) in [6.07, 6.45) is 4.90. The first-order valence-corrected chi connectivity index (χ1v) is 7.23. The Morgan fingerprint density at radius 2 is 2.00 bits per heavy atom. The van der Waals surface area contributed by atoms with E-state index in [0.29, 0.717) is 6.54 Å². The number of hydrogen-bond donors (Lipinski definition) is 1. The van der Waals surface area contributed by atoms with Gasteiger partial charge in [-0.15, -0.1) is 0 Å². The molecule has 1 heterocycles. The van der Waals surface area contributed by atoms with Gasteiger partial charge < -0.3 is 5.32 Å². The number of nitriles is 1. The smallest absolute Gasteiger partial charge is 0.262 e. The van der Waals surface area contributed by atoms with Crippen molar-refractivity contribution in [3.63, 3.8) is 0 Å². The third kappa shape index (κ3) is 5.25. The number of benzene rings is 1. The quantitative estimate of drug-likeness (QED) is 0.524. The van der Waals surface area contributed by atoms with Crippen molar-refractivity contribution < 1.29 is 4.79 Å². The zero-order chi connectivity index (χ0) is 16.5. The molecule has 0 fully saturated rings. The van der Waals surface area contributed by atoms with Gasteiger partial charge in [0.2, 0.25) is 0 Å². The molecule has 2 rings (SSSR count). The molecule has 0 spiro atoms. The van der Waals surface area contributed by atoms with Crippen LogP contribution in [0.15, 0.2) is 66.3 Å². The number of pyridine rings is 1. The molecule has 0 atom stereocenters. The molecule has 0 aliphatic heterocycles. The van der Waals surface area contributed by atoms with Crippen LogP contribution in [-0.2, 0) is 11.3 Å². The number of amides is 1. The van der Waals surface area contributed by atoms with Crippen LogP contribution >= 0.6 is 0 Å². The van der Waals surface area contributed by atoms with Crippen LogP contribution in [-0.4, -0.2) is 10.9 Å². The minimum Gasteiger partial charge on any atom is -0.347 e. The van der Waals surface area contributed by atoms with Crippen LogP contribution < -0.4 is 5.32 Å². The van der Waals surface area contributed by atoms with Crippen molar-refractivity contribution in [3.8, 4) is 6.07 Å². The fourth-order valence-corrected chi connectivity index (χ4v) is 1.94. The molecular formula is C19H17N3O. The van der Waals surface area contributed by atoms with Gasteiger partial charge in [-0.3, -0.25) is 9.78 Å². The van der Waals surface area contributed by atoms with Crippen molar-refractivity contribution in [2.75, 3.05) is 0 Å². The maximum atomic E-state index is 12.0. The van der Waals surface area contributed by atoms with Crippen molar-refractivity contribution in [1.82, 2.24) is 10.3 Å². The monoisotopic (exact) mass is 303 g/mol. The number of hydrogen-bond acceptors (Lipinski definition) is 3. The van der Waals surface area contributed by atoms with Gasteiger partial charge in [-0.1, -0.05) is 42.5 Å². The highest BCUT2D eigenvalue weighted by molar-refractivity contribution is 5.97. The minimum absolute atomic E-state index is 0.0600. The highest BCUT2D eigenvalue weighted by Crippen LogP contribution is 2.03. The Balaban J connectivity index is 1.98. The van der Waals surface area contributed by atoms with Gasteiger partial charge in [-0.25, -0.2) is 0 Å². The number of nitrogens with zero attached hydrogens (tertiary/aromatic N) is 2. The topological polar surface area (TPSA) is 65.8 Å². The number of allylic oxidation sites excluding steroid dienone is 2. The van der Waals surface area contributed by atoms with Crippen LogP contribution in [0.4, 0.5) is 0 Å². The van der Waals surface area contributed by atoms with E-state index in [0.717, 1.165) is 17.0 Å². The normalized spacial score (nSPS) is 11.2. The maximum absolute atomic E-state index is 12.0. The SMILES string of the molecule is Cc1cccc(/C=C/C=C(\C#N)C(=O)NCc2ccccc2)n1. The average molecular weight is 303 g/mol. The molecule has 0 radical (unpaired) electrons. The predicted molar refractivity (Wildman–Crippen MR) is 90.0 cm³/mol. The molecule has 0 saturated heterocycles. The molecule has 1 aromatic heterocycles. The number of carbonyl (C=O) groups excluding carboxylic acids is 1. The highest BCUT2D eigenvalue weighted by Gasteiger charge is 2.06. The molecule has 23 heavy (non-hydrogen) atoms. The number of aryl methyl sites for hydroxylation is 1. The molecule has 4 heteroatoms. The number of aromatic nitrogens is 1. The summed E-state index contributed by atoms with van der Waals surface area (Å²) in [5.41, 5.74) is 2.74. The van der Waals surface area contributed by atoms with Crippen molar-refractivity contribution in [1.29, 1.82) is 5.26 Å². The first-order valence-electron chi connectivity index (χ1n) is 7.23. The highest BCUT2D eigenvalue weighted by atomic mass is 16.1. The first-order chi connectivity index (χ1) is 11.2. The van der Waals surface area contributed by atoms with Gasteiger partial charge in [0, 0.05) is 12.2 Å². The fraction of sp³-hybridized carbons (Fsp3) is 0.105. The molecule has 2 aromatic rings. The van der Waals surface area contributed by atoms with Gasteiger partial charge in [0.05, 0.1) is 5.69 Å². The summed E-state index contributed by atoms with van der Waals surface area (Å²) < 4.78 is 0. The molecule has 1 aromatic carbocycles. The van der Waals surface area contributed by atoms with Crippen molar-refractivity contribution in [2.45, 2.75) is 13.5 Å². The zero-order valence-electron chi connectivity index (χ0n) is 12.9. The number of nitrogens with one attached hydrogen (secondary N) is 1. The lowest BCUT2D eigenvalue weighted by Crippen LogP contribution is -2.23. The van der Waals surface area contributed by atoms with Crippen LogP contribution in [0.3, 0.4) is 0 Å². The third-order valence-electron chi connectivity index (χ3n) is 3.10. The van der Waals surface area contributed by atoms with Crippen LogP contribution in [0.1, 0.15) is 17.0 Å². The zero-order valence-corrected chi connectivity index (χ0v) is 12.9. The Morgan fingerprint density at radius 1 is 1.22 bits per heavy atom. The molecule has 0 aliphatic carbocycles. The fourth-order valence-electron chi connectivity index (χ4n) is 1.94. The number of carbonyl (C=O) groups is 1. The molecule has 0 saturated carbocycles. The summed E-state index contributed by atoms with van der Waals surface area (Å²) in [4.78, 5) is 16.3. The average Bonchev–Trinajstić information content (AvgIpc) is 2.57. The van der Waals surface area contributed by atoms with Gasteiger partial charge >= 0.3 is 0 Å². The maximum Gasteiger partial charge on any atom is 0.262 e. The van der Waals surface area contributed by atoms with Crippen LogP contribution in [0.25, 0.3) is 6.08 Å². The Kier molecular flexibility index (Phi) is 5.84. The molecule has 0 unspecified atom stereocenters. The Morgan fingerprint density at radius 3 is 2.70 bits per heavy atom. The van der Waals surface area contributed by atoms with Crippen LogP contribution in [0.2, 0.25) is 0 Å². The van der Waals surface area contributed by atoms with E-state index in [9.17, 15) is 4.79 Å². The van der Waals surface area contributed by atoms with Crippen molar-refractivity contribution in [2.24, 2.45) is 0 Å². The Bertz CT molecular complexity index is 771. The molecule has 4 nitrogen and oxygen atoms in total. The van der Waals surface area contributed by atoms with Gasteiger partial charge in [-0.2, -0.15) is 5.26 Å². The van der Waals surface area contributed by atoms with E-state index in [1.807, 2.05) is 61.5 Å². The lowest BCUT2D eigenvalue weighted by Gasteiger charge is -2.03. The van der Waals surface area contributed by atoms with Gasteiger partial charge in [0.1, 0.15) is 11.6 Å². The first kappa shape index (κ1) is 16.2. The van der Waals surface area contributed by atoms with Crippen molar-refractivity contribution >= 4 is 12.0 Å². The standard InChI is InChI=1S/C19H17N3O/c1-15-7-5-11-18(22-15)12-6-10-17(13-20)19(23)21-14-16-8-3-2-4-9-16/h2-12H,14H2,1H3,(H,21,23)/b12-6+,17-10+. The van der Waals surface area contributed by atoms with Crippen molar-refractivity contribution in [3.05, 3.63) is 83.2 Å². The Hall–Kier alpha value is -3.19. The summed E-state index contributed by atoms with van der Waals surface area (Å²) in [6.45, 7) is 2.30. The largest absolute Gasteiger partial charge is 0.347 e. The minimum atomic E-state index is -0.391. The van der Waals surface area contributed by atoms with E-state index in [1.165, 1.54) is 6.08 Å².